The first kappa shape index (κ1) is 24.1. The van der Waals surface area contributed by atoms with Crippen LogP contribution in [0.2, 0.25) is 5.02 Å². The highest BCUT2D eigenvalue weighted by Crippen LogP contribution is 2.36. The van der Waals surface area contributed by atoms with Gasteiger partial charge in [-0.05, 0) is 36.8 Å². The monoisotopic (exact) mass is 508 g/mol. The van der Waals surface area contributed by atoms with Crippen molar-refractivity contribution in [2.24, 2.45) is 0 Å². The van der Waals surface area contributed by atoms with Gasteiger partial charge in [-0.1, -0.05) is 23.7 Å². The number of carbonyl (C=O) groups is 1. The van der Waals surface area contributed by atoms with Gasteiger partial charge < -0.3 is 14.7 Å². The average Bonchev–Trinajstić information content (AvgIpc) is 3.16. The summed E-state index contributed by atoms with van der Waals surface area (Å²) < 4.78 is 46.3. The Morgan fingerprint density at radius 3 is 2.49 bits per heavy atom. The number of H-pyrrole nitrogens is 2. The number of halogens is 4. The molecule has 2 aromatic heterocycles. The minimum absolute atomic E-state index is 0.0621. The number of nitrogens with zero attached hydrogens (tertiary/aromatic N) is 2. The van der Waals surface area contributed by atoms with Crippen molar-refractivity contribution in [2.45, 2.75) is 19.6 Å². The molecule has 0 atom stereocenters. The molecule has 0 aliphatic carbocycles. The van der Waals surface area contributed by atoms with Gasteiger partial charge in [0.2, 0.25) is 0 Å². The quantitative estimate of drug-likeness (QED) is 0.402. The average molecular weight is 509 g/mol. The number of nitrogens with one attached hydrogen (secondary N) is 2. The van der Waals surface area contributed by atoms with Crippen LogP contribution in [0.1, 0.15) is 28.4 Å². The molecule has 0 fully saturated rings. The zero-order chi connectivity index (χ0) is 25.5. The van der Waals surface area contributed by atoms with Gasteiger partial charge in [0.25, 0.3) is 5.56 Å². The van der Waals surface area contributed by atoms with Crippen LogP contribution in [-0.4, -0.2) is 31.7 Å². The molecule has 9 nitrogen and oxygen atoms in total. The molecule has 0 aliphatic rings. The van der Waals surface area contributed by atoms with Crippen molar-refractivity contribution in [3.8, 4) is 5.69 Å². The van der Waals surface area contributed by atoms with E-state index in [1.165, 1.54) is 31.2 Å². The van der Waals surface area contributed by atoms with Gasteiger partial charge in [-0.2, -0.15) is 13.2 Å². The molecule has 35 heavy (non-hydrogen) atoms. The Kier molecular flexibility index (Phi) is 6.15. The van der Waals surface area contributed by atoms with E-state index in [1.54, 1.807) is 0 Å². The molecule has 0 radical (unpaired) electrons. The summed E-state index contributed by atoms with van der Waals surface area (Å²) in [6.07, 6.45) is -3.77. The Balaban J connectivity index is 1.94. The van der Waals surface area contributed by atoms with Crippen molar-refractivity contribution in [3.05, 3.63) is 95.6 Å². The van der Waals surface area contributed by atoms with Crippen LogP contribution in [0.15, 0.2) is 57.0 Å². The Morgan fingerprint density at radius 2 is 1.80 bits per heavy atom. The summed E-state index contributed by atoms with van der Waals surface area (Å²) >= 11 is 5.95. The molecule has 2 aromatic carbocycles. The highest BCUT2D eigenvalue weighted by molar-refractivity contribution is 6.32. The van der Waals surface area contributed by atoms with E-state index in [9.17, 15) is 32.3 Å². The summed E-state index contributed by atoms with van der Waals surface area (Å²) in [6, 6.07) is 7.48. The van der Waals surface area contributed by atoms with Crippen LogP contribution in [0.5, 0.6) is 0 Å². The predicted octanol–water partition coefficient (Wildman–Crippen LogP) is 3.07. The Morgan fingerprint density at radius 1 is 1.09 bits per heavy atom. The number of hydrogen-bond donors (Lipinski definition) is 2. The van der Waals surface area contributed by atoms with Crippen LogP contribution in [-0.2, 0) is 17.5 Å². The molecule has 182 valence electrons. The number of alkyl halides is 3. The van der Waals surface area contributed by atoms with E-state index in [4.69, 9.17) is 16.3 Å². The van der Waals surface area contributed by atoms with Crippen molar-refractivity contribution in [1.82, 2.24) is 19.1 Å². The Bertz CT molecular complexity index is 1630. The third-order valence-corrected chi connectivity index (χ3v) is 5.60. The fourth-order valence-electron chi connectivity index (χ4n) is 3.54. The lowest BCUT2D eigenvalue weighted by Gasteiger charge is -2.15. The van der Waals surface area contributed by atoms with Gasteiger partial charge in [-0.25, -0.2) is 14.4 Å². The van der Waals surface area contributed by atoms with Gasteiger partial charge in [-0.3, -0.25) is 13.9 Å². The lowest BCUT2D eigenvalue weighted by Crippen LogP contribution is -2.42. The third kappa shape index (κ3) is 4.52. The number of rotatable bonds is 5. The van der Waals surface area contributed by atoms with Gasteiger partial charge in [-0.15, -0.1) is 0 Å². The van der Waals surface area contributed by atoms with Gasteiger partial charge in [0.15, 0.2) is 0 Å². The number of aromatic nitrogens is 4. The molecule has 0 unspecified atom stereocenters. The standard InChI is InChI=1S/C22H16ClF3N4O5/c1-2-35-19(32)13-10-29(12-6-7-15-16(8-12)28-20(33)27-15)21(34)30(18(13)31)9-11-4-3-5-14(17(11)23)22(24,25)26/h3-8,10H,2,9H2,1H3,(H2,27,28,33). The van der Waals surface area contributed by atoms with Crippen molar-refractivity contribution >= 4 is 28.6 Å². The number of fused-ring (bicyclic) bond motifs is 1. The number of imidazole rings is 1. The van der Waals surface area contributed by atoms with Gasteiger partial charge in [0.05, 0.1) is 40.5 Å². The van der Waals surface area contributed by atoms with Crippen molar-refractivity contribution in [1.29, 1.82) is 0 Å². The minimum Gasteiger partial charge on any atom is -0.462 e. The van der Waals surface area contributed by atoms with Crippen LogP contribution >= 0.6 is 11.6 Å². The van der Waals surface area contributed by atoms with Crippen LogP contribution in [0, 0.1) is 0 Å². The number of ether oxygens (including phenoxy) is 1. The Labute approximate surface area is 198 Å². The highest BCUT2D eigenvalue weighted by atomic mass is 35.5. The number of esters is 1. The SMILES string of the molecule is CCOC(=O)c1cn(-c2ccc3[nH]c(=O)[nH]c3c2)c(=O)n(Cc2cccc(C(F)(F)F)c2Cl)c1=O. The fraction of sp³-hybridized carbons (Fsp3) is 0.182. The van der Waals surface area contributed by atoms with Crippen LogP contribution in [0.4, 0.5) is 13.2 Å². The molecule has 0 amide bonds. The second-order valence-corrected chi connectivity index (χ2v) is 7.77. The summed E-state index contributed by atoms with van der Waals surface area (Å²) in [4.78, 5) is 55.4. The van der Waals surface area contributed by atoms with Crippen molar-refractivity contribution in [3.63, 3.8) is 0 Å². The molecule has 0 saturated heterocycles. The third-order valence-electron chi connectivity index (χ3n) is 5.16. The van der Waals surface area contributed by atoms with Crippen molar-refractivity contribution in [2.75, 3.05) is 6.61 Å². The zero-order valence-corrected chi connectivity index (χ0v) is 18.7. The molecule has 13 heteroatoms. The largest absolute Gasteiger partial charge is 0.462 e. The molecule has 2 N–H and O–H groups in total. The Hall–Kier alpha value is -4.06. The first-order valence-electron chi connectivity index (χ1n) is 10.1. The maximum Gasteiger partial charge on any atom is 0.417 e. The second kappa shape index (κ2) is 8.95. The maximum atomic E-state index is 13.3. The molecule has 4 aromatic rings. The maximum absolute atomic E-state index is 13.3. The highest BCUT2D eigenvalue weighted by Gasteiger charge is 2.34. The summed E-state index contributed by atoms with van der Waals surface area (Å²) in [5.74, 6) is -1.02. The van der Waals surface area contributed by atoms with E-state index in [0.29, 0.717) is 15.6 Å². The minimum atomic E-state index is -4.76. The summed E-state index contributed by atoms with van der Waals surface area (Å²) in [5.41, 5.74) is -3.34. The van der Waals surface area contributed by atoms with E-state index in [2.05, 4.69) is 9.97 Å². The van der Waals surface area contributed by atoms with E-state index in [-0.39, 0.29) is 17.9 Å². The first-order chi connectivity index (χ1) is 16.5. The van der Waals surface area contributed by atoms with E-state index >= 15 is 0 Å². The fourth-order valence-corrected chi connectivity index (χ4v) is 3.83. The van der Waals surface area contributed by atoms with Gasteiger partial charge >= 0.3 is 23.5 Å². The zero-order valence-electron chi connectivity index (χ0n) is 17.9. The topological polar surface area (TPSA) is 119 Å². The van der Waals surface area contributed by atoms with E-state index < -0.39 is 51.8 Å². The lowest BCUT2D eigenvalue weighted by molar-refractivity contribution is -0.137. The molecular weight excluding hydrogens is 493 g/mol. The molecule has 0 aliphatic heterocycles. The second-order valence-electron chi connectivity index (χ2n) is 7.39. The lowest BCUT2D eigenvalue weighted by atomic mass is 10.1. The molecular formula is C22H16ClF3N4O5. The molecule has 4 rings (SSSR count). The molecule has 0 saturated carbocycles. The first-order valence-corrected chi connectivity index (χ1v) is 10.5. The summed E-state index contributed by atoms with van der Waals surface area (Å²) in [7, 11) is 0. The number of hydrogen-bond acceptors (Lipinski definition) is 5. The normalized spacial score (nSPS) is 11.7. The summed E-state index contributed by atoms with van der Waals surface area (Å²) in [5, 5.41) is -0.675. The van der Waals surface area contributed by atoms with Crippen LogP contribution in [0.25, 0.3) is 16.7 Å². The number of carbonyl (C=O) groups excluding carboxylic acids is 1. The molecule has 0 bridgehead atoms. The van der Waals surface area contributed by atoms with Crippen molar-refractivity contribution < 1.29 is 22.7 Å². The predicted molar refractivity (Wildman–Crippen MR) is 120 cm³/mol. The van der Waals surface area contributed by atoms with E-state index in [1.807, 2.05) is 0 Å². The number of aromatic amines is 2. The van der Waals surface area contributed by atoms with Gasteiger partial charge in [0.1, 0.15) is 5.56 Å². The van der Waals surface area contributed by atoms with Crippen LogP contribution < -0.4 is 16.9 Å². The number of benzene rings is 2. The van der Waals surface area contributed by atoms with E-state index in [0.717, 1.165) is 22.9 Å². The van der Waals surface area contributed by atoms with Gasteiger partial charge in [0, 0.05) is 6.20 Å². The molecule has 2 heterocycles. The summed E-state index contributed by atoms with van der Waals surface area (Å²) in [6.45, 7) is 0.815. The smallest absolute Gasteiger partial charge is 0.417 e. The molecule has 0 spiro atoms. The van der Waals surface area contributed by atoms with Crippen LogP contribution in [0.3, 0.4) is 0 Å².